The van der Waals surface area contributed by atoms with E-state index in [-0.39, 0.29) is 11.4 Å². The fourth-order valence-electron chi connectivity index (χ4n) is 1.15. The monoisotopic (exact) mass is 162 g/mol. The van der Waals surface area contributed by atoms with Crippen LogP contribution in [0, 0.1) is 5.82 Å². The maximum Gasteiger partial charge on any atom is 0.248 e. The fourth-order valence-corrected chi connectivity index (χ4v) is 1.15. The Hall–Kier alpha value is -1.64. The second kappa shape index (κ2) is 2.44. The summed E-state index contributed by atoms with van der Waals surface area (Å²) in [6, 6.07) is 7.38. The first-order valence-electron chi connectivity index (χ1n) is 3.55. The minimum absolute atomic E-state index is 0.215. The SMILES string of the molecule is O=c1ccc2c([18F])cccc2[nH]1. The molecule has 2 aromatic rings. The van der Waals surface area contributed by atoms with Crippen LogP contribution in [-0.4, -0.2) is 4.98 Å². The molecule has 0 amide bonds. The summed E-state index contributed by atoms with van der Waals surface area (Å²) in [5.41, 5.74) is 0.315. The third kappa shape index (κ3) is 0.993. The molecule has 0 radical (unpaired) electrons. The molecular formula is C9H6FNO. The molecule has 0 aliphatic carbocycles. The molecule has 2 nitrogen and oxygen atoms in total. The zero-order chi connectivity index (χ0) is 8.55. The minimum Gasteiger partial charge on any atom is -0.322 e. The van der Waals surface area contributed by atoms with Gasteiger partial charge in [0.2, 0.25) is 5.56 Å². The number of rotatable bonds is 0. The first-order chi connectivity index (χ1) is 5.77. The van der Waals surface area contributed by atoms with Crippen molar-refractivity contribution in [2.75, 3.05) is 0 Å². The molecule has 0 fully saturated rings. The van der Waals surface area contributed by atoms with Gasteiger partial charge in [-0.1, -0.05) is 6.07 Å². The molecule has 1 aromatic carbocycles. The molecule has 0 spiro atoms. The van der Waals surface area contributed by atoms with E-state index < -0.39 is 0 Å². The van der Waals surface area contributed by atoms with Crippen molar-refractivity contribution >= 4 is 10.9 Å². The van der Waals surface area contributed by atoms with Crippen molar-refractivity contribution in [2.45, 2.75) is 0 Å². The van der Waals surface area contributed by atoms with E-state index in [1.54, 1.807) is 12.1 Å². The van der Waals surface area contributed by atoms with Crippen LogP contribution in [0.3, 0.4) is 0 Å². The molecule has 1 heterocycles. The highest BCUT2D eigenvalue weighted by atomic mass is 18.2. The Kier molecular flexibility index (Phi) is 1.43. The summed E-state index contributed by atoms with van der Waals surface area (Å²) in [6.45, 7) is 0. The summed E-state index contributed by atoms with van der Waals surface area (Å²) < 4.78 is 13.0. The predicted octanol–water partition coefficient (Wildman–Crippen LogP) is 1.67. The van der Waals surface area contributed by atoms with Crippen molar-refractivity contribution in [1.82, 2.24) is 4.98 Å². The molecule has 0 bridgehead atoms. The maximum atomic E-state index is 13.0. The van der Waals surface area contributed by atoms with Crippen molar-refractivity contribution in [3.05, 3.63) is 46.5 Å². The van der Waals surface area contributed by atoms with E-state index in [4.69, 9.17) is 0 Å². The minimum atomic E-state index is -0.316. The zero-order valence-electron chi connectivity index (χ0n) is 6.17. The number of nitrogens with one attached hydrogen (secondary N) is 1. The van der Waals surface area contributed by atoms with E-state index in [0.717, 1.165) is 0 Å². The van der Waals surface area contributed by atoms with Crippen molar-refractivity contribution in [3.8, 4) is 0 Å². The molecule has 0 unspecified atom stereocenters. The zero-order valence-corrected chi connectivity index (χ0v) is 6.17. The smallest absolute Gasteiger partial charge is 0.248 e. The topological polar surface area (TPSA) is 32.9 Å². The lowest BCUT2D eigenvalue weighted by molar-refractivity contribution is 0.639. The van der Waals surface area contributed by atoms with Gasteiger partial charge in [0.25, 0.3) is 0 Å². The molecule has 0 saturated carbocycles. The van der Waals surface area contributed by atoms with E-state index in [2.05, 4.69) is 4.98 Å². The van der Waals surface area contributed by atoms with Crippen LogP contribution in [0.1, 0.15) is 0 Å². The molecule has 60 valence electrons. The number of benzene rings is 1. The fraction of sp³-hybridized carbons (Fsp3) is 0. The molecule has 3 heteroatoms. The summed E-state index contributed by atoms with van der Waals surface area (Å²) in [4.78, 5) is 13.4. The van der Waals surface area contributed by atoms with Crippen LogP contribution in [0.4, 0.5) is 4.39 Å². The van der Waals surface area contributed by atoms with Gasteiger partial charge in [0.1, 0.15) is 5.82 Å². The number of hydrogen-bond acceptors (Lipinski definition) is 1. The van der Waals surface area contributed by atoms with Gasteiger partial charge in [-0.25, -0.2) is 4.39 Å². The van der Waals surface area contributed by atoms with Gasteiger partial charge in [0.05, 0.1) is 5.52 Å². The largest absolute Gasteiger partial charge is 0.322 e. The summed E-state index contributed by atoms with van der Waals surface area (Å²) in [7, 11) is 0. The Morgan fingerprint density at radius 2 is 2.00 bits per heavy atom. The van der Waals surface area contributed by atoms with Crippen LogP contribution in [0.25, 0.3) is 10.9 Å². The number of aromatic amines is 1. The first-order valence-corrected chi connectivity index (χ1v) is 3.55. The normalized spacial score (nSPS) is 10.4. The second-order valence-corrected chi connectivity index (χ2v) is 2.52. The van der Waals surface area contributed by atoms with Gasteiger partial charge in [-0.3, -0.25) is 4.79 Å². The molecule has 1 N–H and O–H groups in total. The number of halogens is 1. The van der Waals surface area contributed by atoms with Crippen molar-refractivity contribution in [1.29, 1.82) is 0 Å². The summed E-state index contributed by atoms with van der Waals surface area (Å²) in [5.74, 6) is -0.316. The summed E-state index contributed by atoms with van der Waals surface area (Å²) in [5, 5.41) is 0.442. The van der Waals surface area contributed by atoms with Crippen LogP contribution < -0.4 is 5.56 Å². The number of aromatic nitrogens is 1. The number of hydrogen-bond donors (Lipinski definition) is 1. The highest BCUT2D eigenvalue weighted by Gasteiger charge is 1.98. The number of pyridine rings is 1. The number of fused-ring (bicyclic) bond motifs is 1. The van der Waals surface area contributed by atoms with E-state index in [1.807, 2.05) is 0 Å². The van der Waals surface area contributed by atoms with E-state index in [1.165, 1.54) is 18.2 Å². The Morgan fingerprint density at radius 3 is 2.83 bits per heavy atom. The molecule has 0 aliphatic rings. The third-order valence-electron chi connectivity index (χ3n) is 1.71. The van der Waals surface area contributed by atoms with Crippen LogP contribution in [0.15, 0.2) is 35.1 Å². The average molecular weight is 162 g/mol. The van der Waals surface area contributed by atoms with Gasteiger partial charge in [-0.05, 0) is 18.2 Å². The van der Waals surface area contributed by atoms with Crippen LogP contribution >= 0.6 is 0 Å². The first kappa shape index (κ1) is 7.03. The molecule has 2 rings (SSSR count). The molecule has 0 saturated heterocycles. The summed E-state index contributed by atoms with van der Waals surface area (Å²) in [6.07, 6.45) is 0. The van der Waals surface area contributed by atoms with Gasteiger partial charge in [-0.2, -0.15) is 0 Å². The van der Waals surface area contributed by atoms with Crippen LogP contribution in [-0.2, 0) is 0 Å². The highest BCUT2D eigenvalue weighted by molar-refractivity contribution is 5.78. The molecule has 0 aliphatic heterocycles. The molecule has 0 atom stereocenters. The maximum absolute atomic E-state index is 13.0. The predicted molar refractivity (Wildman–Crippen MR) is 44.5 cm³/mol. The van der Waals surface area contributed by atoms with Crippen molar-refractivity contribution in [3.63, 3.8) is 0 Å². The lowest BCUT2D eigenvalue weighted by Gasteiger charge is -1.96. The Morgan fingerprint density at radius 1 is 1.17 bits per heavy atom. The van der Waals surface area contributed by atoms with Crippen LogP contribution in [0.2, 0.25) is 0 Å². The Balaban J connectivity index is 2.96. The van der Waals surface area contributed by atoms with Gasteiger partial charge in [0, 0.05) is 11.5 Å². The Bertz CT molecular complexity index is 475. The van der Waals surface area contributed by atoms with Gasteiger partial charge in [0.15, 0.2) is 0 Å². The molecule has 12 heavy (non-hydrogen) atoms. The summed E-state index contributed by atoms with van der Waals surface area (Å²) >= 11 is 0. The second-order valence-electron chi connectivity index (χ2n) is 2.52. The lowest BCUT2D eigenvalue weighted by atomic mass is 10.2. The van der Waals surface area contributed by atoms with E-state index >= 15 is 0 Å². The van der Waals surface area contributed by atoms with Crippen LogP contribution in [0.5, 0.6) is 0 Å². The van der Waals surface area contributed by atoms with Crippen molar-refractivity contribution < 1.29 is 4.39 Å². The number of H-pyrrole nitrogens is 1. The van der Waals surface area contributed by atoms with Gasteiger partial charge in [-0.15, -0.1) is 0 Å². The van der Waals surface area contributed by atoms with Gasteiger partial charge < -0.3 is 4.98 Å². The van der Waals surface area contributed by atoms with E-state index in [9.17, 15) is 9.18 Å². The highest BCUT2D eigenvalue weighted by Crippen LogP contribution is 2.12. The quantitative estimate of drug-likeness (QED) is 0.627. The van der Waals surface area contributed by atoms with Crippen molar-refractivity contribution in [2.24, 2.45) is 0 Å². The lowest BCUT2D eigenvalue weighted by Crippen LogP contribution is -2.02. The molecule has 1 aromatic heterocycles. The average Bonchev–Trinajstić information content (AvgIpc) is 2.04. The third-order valence-corrected chi connectivity index (χ3v) is 1.71. The Labute approximate surface area is 67.7 Å². The van der Waals surface area contributed by atoms with Gasteiger partial charge >= 0.3 is 0 Å². The van der Waals surface area contributed by atoms with E-state index in [0.29, 0.717) is 10.9 Å². The standard InChI is InChI=1S/C9H6FNO/c10-7-2-1-3-8-6(7)4-5-9(12)11-8/h1-5H,(H,11,12)/i10-1. The molecular weight excluding hydrogens is 156 g/mol.